The maximum Gasteiger partial charge on any atom is 0.272 e. The first kappa shape index (κ1) is 18.3. The van der Waals surface area contributed by atoms with Gasteiger partial charge in [0.25, 0.3) is 5.91 Å². The van der Waals surface area contributed by atoms with Crippen LogP contribution in [0.1, 0.15) is 39.9 Å². The third-order valence-corrected chi connectivity index (χ3v) is 5.71. The number of rotatable bonds is 7. The Bertz CT molecular complexity index is 948. The van der Waals surface area contributed by atoms with Crippen molar-refractivity contribution >= 4 is 40.4 Å². The predicted molar refractivity (Wildman–Crippen MR) is 105 cm³/mol. The topological polar surface area (TPSA) is 69.0 Å². The fourth-order valence-corrected chi connectivity index (χ4v) is 3.99. The number of thiazole rings is 1. The molecule has 1 aromatic carbocycles. The zero-order valence-electron chi connectivity index (χ0n) is 14.2. The SMILES string of the molecule is O=C(NCc1csc(C2CC2)n1)c1ccn(COc2c(Cl)cccc2Cl)n1. The molecule has 9 heteroatoms. The van der Waals surface area contributed by atoms with Gasteiger partial charge in [-0.15, -0.1) is 11.3 Å². The predicted octanol–water partition coefficient (Wildman–Crippen LogP) is 4.49. The fraction of sp³-hybridized carbons (Fsp3) is 0.278. The number of halogens is 2. The van der Waals surface area contributed by atoms with Gasteiger partial charge in [-0.1, -0.05) is 29.3 Å². The van der Waals surface area contributed by atoms with Crippen LogP contribution < -0.4 is 10.1 Å². The minimum Gasteiger partial charge on any atom is -0.468 e. The largest absolute Gasteiger partial charge is 0.468 e. The second-order valence-electron chi connectivity index (χ2n) is 6.20. The number of ether oxygens (including phenoxy) is 1. The van der Waals surface area contributed by atoms with E-state index in [-0.39, 0.29) is 12.6 Å². The second-order valence-corrected chi connectivity index (χ2v) is 7.90. The van der Waals surface area contributed by atoms with Gasteiger partial charge in [-0.2, -0.15) is 5.10 Å². The number of benzene rings is 1. The van der Waals surface area contributed by atoms with Gasteiger partial charge in [-0.25, -0.2) is 9.67 Å². The van der Waals surface area contributed by atoms with Gasteiger partial charge in [0.1, 0.15) is 5.69 Å². The highest BCUT2D eigenvalue weighted by Gasteiger charge is 2.26. The summed E-state index contributed by atoms with van der Waals surface area (Å²) in [4.78, 5) is 16.8. The highest BCUT2D eigenvalue weighted by molar-refractivity contribution is 7.09. The molecular weight excluding hydrogens is 407 g/mol. The van der Waals surface area contributed by atoms with E-state index in [2.05, 4.69) is 15.4 Å². The third-order valence-electron chi connectivity index (χ3n) is 4.06. The highest BCUT2D eigenvalue weighted by Crippen LogP contribution is 2.41. The molecule has 1 aliphatic rings. The van der Waals surface area contributed by atoms with Crippen LogP contribution in [0.3, 0.4) is 0 Å². The summed E-state index contributed by atoms with van der Waals surface area (Å²) < 4.78 is 7.11. The summed E-state index contributed by atoms with van der Waals surface area (Å²) in [7, 11) is 0. The number of aromatic nitrogens is 3. The minimum atomic E-state index is -0.259. The lowest BCUT2D eigenvalue weighted by molar-refractivity contribution is 0.0943. The number of para-hydroxylation sites is 1. The van der Waals surface area contributed by atoms with Gasteiger partial charge in [-0.3, -0.25) is 4.79 Å². The molecule has 3 aromatic rings. The van der Waals surface area contributed by atoms with Gasteiger partial charge >= 0.3 is 0 Å². The van der Waals surface area contributed by atoms with E-state index in [0.29, 0.717) is 34.0 Å². The van der Waals surface area contributed by atoms with E-state index in [0.717, 1.165) is 5.69 Å². The first-order chi connectivity index (χ1) is 13.1. The van der Waals surface area contributed by atoms with Gasteiger partial charge < -0.3 is 10.1 Å². The first-order valence-corrected chi connectivity index (χ1v) is 10.1. The molecule has 6 nitrogen and oxygen atoms in total. The molecule has 1 N–H and O–H groups in total. The van der Waals surface area contributed by atoms with Crippen LogP contribution in [0.15, 0.2) is 35.8 Å². The number of carbonyl (C=O) groups is 1. The quantitative estimate of drug-likeness (QED) is 0.608. The Morgan fingerprint density at radius 1 is 1.30 bits per heavy atom. The van der Waals surface area contributed by atoms with Crippen molar-refractivity contribution in [1.82, 2.24) is 20.1 Å². The monoisotopic (exact) mass is 422 g/mol. The summed E-state index contributed by atoms with van der Waals surface area (Å²) in [6.07, 6.45) is 4.10. The Morgan fingerprint density at radius 2 is 2.07 bits per heavy atom. The van der Waals surface area contributed by atoms with Crippen LogP contribution in [0.4, 0.5) is 0 Å². The smallest absolute Gasteiger partial charge is 0.272 e. The van der Waals surface area contributed by atoms with Crippen molar-refractivity contribution in [3.8, 4) is 5.75 Å². The number of amides is 1. The van der Waals surface area contributed by atoms with Gasteiger partial charge in [0, 0.05) is 17.5 Å². The van der Waals surface area contributed by atoms with E-state index in [1.54, 1.807) is 41.8 Å². The van der Waals surface area contributed by atoms with Crippen molar-refractivity contribution in [3.05, 3.63) is 62.3 Å². The average molecular weight is 423 g/mol. The molecule has 0 bridgehead atoms. The molecule has 1 amide bonds. The van der Waals surface area contributed by atoms with Crippen LogP contribution in [0.25, 0.3) is 0 Å². The molecule has 0 radical (unpaired) electrons. The summed E-state index contributed by atoms with van der Waals surface area (Å²) in [5.74, 6) is 0.754. The third kappa shape index (κ3) is 4.43. The van der Waals surface area contributed by atoms with Crippen LogP contribution in [-0.2, 0) is 13.3 Å². The van der Waals surface area contributed by atoms with E-state index in [9.17, 15) is 4.79 Å². The van der Waals surface area contributed by atoms with Gasteiger partial charge in [0.05, 0.1) is 27.3 Å². The van der Waals surface area contributed by atoms with E-state index in [1.165, 1.54) is 22.5 Å². The molecule has 0 spiro atoms. The van der Waals surface area contributed by atoms with Crippen molar-refractivity contribution in [3.63, 3.8) is 0 Å². The van der Waals surface area contributed by atoms with E-state index < -0.39 is 0 Å². The Morgan fingerprint density at radius 3 is 2.81 bits per heavy atom. The molecule has 2 heterocycles. The van der Waals surface area contributed by atoms with E-state index >= 15 is 0 Å². The average Bonchev–Trinajstić information content (AvgIpc) is 3.21. The Balaban J connectivity index is 1.32. The van der Waals surface area contributed by atoms with Gasteiger partial charge in [0.15, 0.2) is 12.5 Å². The Kier molecular flexibility index (Phi) is 5.33. The van der Waals surface area contributed by atoms with Crippen molar-refractivity contribution in [2.24, 2.45) is 0 Å². The summed E-state index contributed by atoms with van der Waals surface area (Å²) in [6, 6.07) is 6.75. The van der Waals surface area contributed by atoms with Crippen LogP contribution >= 0.6 is 34.5 Å². The molecular formula is C18H16Cl2N4O2S. The van der Waals surface area contributed by atoms with E-state index in [1.807, 2.05) is 5.38 Å². The number of hydrogen-bond acceptors (Lipinski definition) is 5. The first-order valence-electron chi connectivity index (χ1n) is 8.43. The fourth-order valence-electron chi connectivity index (χ4n) is 2.49. The summed E-state index contributed by atoms with van der Waals surface area (Å²) in [6.45, 7) is 0.480. The molecule has 2 aromatic heterocycles. The maximum absolute atomic E-state index is 12.3. The Hall–Kier alpha value is -2.09. The van der Waals surface area contributed by atoms with Crippen molar-refractivity contribution in [2.75, 3.05) is 0 Å². The van der Waals surface area contributed by atoms with Crippen molar-refractivity contribution in [2.45, 2.75) is 32.0 Å². The highest BCUT2D eigenvalue weighted by atomic mass is 35.5. The maximum atomic E-state index is 12.3. The lowest BCUT2D eigenvalue weighted by atomic mass is 10.3. The number of hydrogen-bond donors (Lipinski definition) is 1. The number of carbonyl (C=O) groups excluding carboxylic acids is 1. The van der Waals surface area contributed by atoms with E-state index in [4.69, 9.17) is 27.9 Å². The molecule has 140 valence electrons. The molecule has 0 aliphatic heterocycles. The van der Waals surface area contributed by atoms with Crippen molar-refractivity contribution < 1.29 is 9.53 Å². The minimum absolute atomic E-state index is 0.0908. The summed E-state index contributed by atoms with van der Waals surface area (Å²) in [5.41, 5.74) is 1.19. The molecule has 4 rings (SSSR count). The van der Waals surface area contributed by atoms with Crippen LogP contribution in [0.5, 0.6) is 5.75 Å². The lowest BCUT2D eigenvalue weighted by Crippen LogP contribution is -2.23. The van der Waals surface area contributed by atoms with Crippen LogP contribution in [0.2, 0.25) is 10.0 Å². The normalized spacial score (nSPS) is 13.6. The van der Waals surface area contributed by atoms with Crippen molar-refractivity contribution in [1.29, 1.82) is 0 Å². The summed E-state index contributed by atoms with van der Waals surface area (Å²) in [5, 5.41) is 11.1. The van der Waals surface area contributed by atoms with Crippen LogP contribution in [-0.4, -0.2) is 20.7 Å². The standard InChI is InChI=1S/C18H16Cl2N4O2S/c19-13-2-1-3-14(20)16(13)26-10-24-7-6-15(23-24)17(25)21-8-12-9-27-18(22-12)11-4-5-11/h1-3,6-7,9,11H,4-5,8,10H2,(H,21,25). The molecule has 0 unspecified atom stereocenters. The zero-order chi connectivity index (χ0) is 18.8. The molecule has 0 saturated heterocycles. The molecule has 1 fully saturated rings. The van der Waals surface area contributed by atoms with Gasteiger partial charge in [0.2, 0.25) is 0 Å². The van der Waals surface area contributed by atoms with Gasteiger partial charge in [-0.05, 0) is 31.0 Å². The second kappa shape index (κ2) is 7.88. The number of nitrogens with zero attached hydrogens (tertiary/aromatic N) is 3. The molecule has 1 aliphatic carbocycles. The van der Waals surface area contributed by atoms with Crippen LogP contribution in [0, 0.1) is 0 Å². The molecule has 27 heavy (non-hydrogen) atoms. The molecule has 1 saturated carbocycles. The summed E-state index contributed by atoms with van der Waals surface area (Å²) >= 11 is 13.8. The lowest BCUT2D eigenvalue weighted by Gasteiger charge is -2.09. The molecule has 0 atom stereocenters. The zero-order valence-corrected chi connectivity index (χ0v) is 16.5. The number of nitrogens with one attached hydrogen (secondary N) is 1. The Labute approximate surface area is 170 Å².